The molecule has 3 unspecified atom stereocenters. The van der Waals surface area contributed by atoms with Crippen molar-refractivity contribution in [3.8, 4) is 5.75 Å². The lowest BCUT2D eigenvalue weighted by molar-refractivity contribution is -0.150. The van der Waals surface area contributed by atoms with Crippen LogP contribution in [0, 0.1) is 17.0 Å². The topological polar surface area (TPSA) is 87.5 Å². The standard InChI is InChI=1S/C30H28F2N4O5/c31-19-6-5-18-24(25(19)32)21-14-40-12-11-33(21)20-4-2-1-3-17(20)26(18)36-23-13-30(15-41-16-30)8-10-34(23)29(39)27-28(38)22(37)7-9-35(27)36/h1-7,9,21,23,26,38H,8,10-16H2. The highest BCUT2D eigenvalue weighted by molar-refractivity contribution is 5.96. The van der Waals surface area contributed by atoms with Gasteiger partial charge in [-0.2, -0.15) is 0 Å². The third kappa shape index (κ3) is 3.39. The summed E-state index contributed by atoms with van der Waals surface area (Å²) in [4.78, 5) is 30.2. The Morgan fingerprint density at radius 3 is 2.59 bits per heavy atom. The number of para-hydroxylation sites is 1. The third-order valence-electron chi connectivity index (χ3n) is 9.47. The van der Waals surface area contributed by atoms with E-state index in [4.69, 9.17) is 9.47 Å². The van der Waals surface area contributed by atoms with Crippen molar-refractivity contribution < 1.29 is 28.2 Å². The molecule has 3 aromatic rings. The molecule has 212 valence electrons. The van der Waals surface area contributed by atoms with Gasteiger partial charge in [0.2, 0.25) is 5.43 Å². The maximum Gasteiger partial charge on any atom is 0.278 e. The summed E-state index contributed by atoms with van der Waals surface area (Å²) < 4.78 is 43.8. The minimum Gasteiger partial charge on any atom is -0.502 e. The monoisotopic (exact) mass is 562 g/mol. The summed E-state index contributed by atoms with van der Waals surface area (Å²) in [6.07, 6.45) is 2.30. The first-order chi connectivity index (χ1) is 19.9. The van der Waals surface area contributed by atoms with E-state index >= 15 is 4.39 Å². The Morgan fingerprint density at radius 1 is 0.951 bits per heavy atom. The molecule has 41 heavy (non-hydrogen) atoms. The van der Waals surface area contributed by atoms with Crippen LogP contribution in [0.2, 0.25) is 0 Å². The van der Waals surface area contributed by atoms with E-state index in [1.54, 1.807) is 15.6 Å². The number of aromatic nitrogens is 1. The molecule has 0 radical (unpaired) electrons. The van der Waals surface area contributed by atoms with Gasteiger partial charge in [0.1, 0.15) is 12.2 Å². The van der Waals surface area contributed by atoms with E-state index in [0.29, 0.717) is 44.9 Å². The number of hydrogen-bond acceptors (Lipinski definition) is 7. The summed E-state index contributed by atoms with van der Waals surface area (Å²) in [5, 5.41) is 12.9. The number of pyridine rings is 1. The predicted octanol–water partition coefficient (Wildman–Crippen LogP) is 3.04. The minimum atomic E-state index is -0.945. The molecule has 5 aliphatic heterocycles. The Morgan fingerprint density at radius 2 is 1.78 bits per heavy atom. The van der Waals surface area contributed by atoms with E-state index < -0.39 is 47.0 Å². The second kappa shape index (κ2) is 8.77. The van der Waals surface area contributed by atoms with Crippen molar-refractivity contribution in [2.24, 2.45) is 5.41 Å². The lowest BCUT2D eigenvalue weighted by atomic mass is 9.74. The average molecular weight is 563 g/mol. The molecule has 8 rings (SSSR count). The van der Waals surface area contributed by atoms with Gasteiger partial charge in [-0.05, 0) is 30.5 Å². The number of amides is 1. The van der Waals surface area contributed by atoms with Crippen LogP contribution in [-0.4, -0.2) is 66.3 Å². The van der Waals surface area contributed by atoms with Crippen LogP contribution in [0.25, 0.3) is 0 Å². The number of halogens is 2. The number of carbonyl (C=O) groups is 1. The third-order valence-corrected chi connectivity index (χ3v) is 9.47. The molecule has 3 fully saturated rings. The van der Waals surface area contributed by atoms with Gasteiger partial charge in [-0.3, -0.25) is 19.3 Å². The molecule has 0 aliphatic carbocycles. The van der Waals surface area contributed by atoms with Crippen molar-refractivity contribution >= 4 is 11.6 Å². The van der Waals surface area contributed by atoms with E-state index in [9.17, 15) is 19.1 Å². The van der Waals surface area contributed by atoms with Crippen LogP contribution in [0.4, 0.5) is 14.5 Å². The minimum absolute atomic E-state index is 0.120. The Kier molecular flexibility index (Phi) is 5.30. The number of hydrogen-bond donors (Lipinski definition) is 1. The smallest absolute Gasteiger partial charge is 0.278 e. The number of carbonyl (C=O) groups excluding carboxylic acids is 1. The van der Waals surface area contributed by atoms with E-state index in [-0.39, 0.29) is 23.3 Å². The number of aromatic hydroxyl groups is 1. The van der Waals surface area contributed by atoms with E-state index in [0.717, 1.165) is 23.7 Å². The van der Waals surface area contributed by atoms with E-state index in [1.807, 2.05) is 29.3 Å². The number of fused-ring (bicyclic) bond motifs is 7. The molecule has 1 N–H and O–H groups in total. The Bertz CT molecular complexity index is 1660. The summed E-state index contributed by atoms with van der Waals surface area (Å²) in [5.74, 6) is -2.94. The number of benzene rings is 2. The maximum atomic E-state index is 15.9. The van der Waals surface area contributed by atoms with E-state index in [2.05, 4.69) is 4.90 Å². The van der Waals surface area contributed by atoms with Crippen LogP contribution in [0.3, 0.4) is 0 Å². The maximum absolute atomic E-state index is 15.9. The second-order valence-corrected chi connectivity index (χ2v) is 11.6. The Hall–Kier alpha value is -3.96. The van der Waals surface area contributed by atoms with Crippen LogP contribution >= 0.6 is 0 Å². The van der Waals surface area contributed by atoms with Gasteiger partial charge in [0, 0.05) is 47.6 Å². The number of anilines is 1. The molecule has 6 heterocycles. The lowest BCUT2D eigenvalue weighted by Gasteiger charge is -2.57. The van der Waals surface area contributed by atoms with Crippen molar-refractivity contribution in [2.45, 2.75) is 31.1 Å². The first-order valence-electron chi connectivity index (χ1n) is 13.9. The summed E-state index contributed by atoms with van der Waals surface area (Å²) in [6, 6.07) is 10.5. The average Bonchev–Trinajstić information content (AvgIpc) is 3.09. The van der Waals surface area contributed by atoms with Gasteiger partial charge >= 0.3 is 0 Å². The van der Waals surface area contributed by atoms with E-state index in [1.165, 1.54) is 12.3 Å². The van der Waals surface area contributed by atoms with Crippen molar-refractivity contribution in [3.63, 3.8) is 0 Å². The van der Waals surface area contributed by atoms with Crippen LogP contribution in [0.15, 0.2) is 53.5 Å². The molecule has 1 spiro atoms. The van der Waals surface area contributed by atoms with Gasteiger partial charge in [-0.15, -0.1) is 0 Å². The molecule has 0 saturated carbocycles. The summed E-state index contributed by atoms with van der Waals surface area (Å²) in [7, 11) is 0. The highest BCUT2D eigenvalue weighted by atomic mass is 19.2. The number of nitrogens with zero attached hydrogens (tertiary/aromatic N) is 4. The molecule has 3 atom stereocenters. The molecule has 1 aromatic heterocycles. The van der Waals surface area contributed by atoms with Crippen LogP contribution in [-0.2, 0) is 9.47 Å². The van der Waals surface area contributed by atoms with Crippen molar-refractivity contribution in [3.05, 3.63) is 92.9 Å². The van der Waals surface area contributed by atoms with Gasteiger partial charge in [0.25, 0.3) is 5.91 Å². The zero-order valence-corrected chi connectivity index (χ0v) is 22.1. The number of ether oxygens (including phenoxy) is 2. The second-order valence-electron chi connectivity index (χ2n) is 11.6. The van der Waals surface area contributed by atoms with Crippen LogP contribution in [0.5, 0.6) is 5.75 Å². The van der Waals surface area contributed by atoms with Gasteiger partial charge < -0.3 is 24.4 Å². The van der Waals surface area contributed by atoms with Crippen LogP contribution < -0.4 is 15.3 Å². The predicted molar refractivity (Wildman–Crippen MR) is 143 cm³/mol. The summed E-state index contributed by atoms with van der Waals surface area (Å²) in [5.41, 5.74) is 1.53. The fourth-order valence-electron chi connectivity index (χ4n) is 7.44. The van der Waals surface area contributed by atoms with Gasteiger partial charge in [-0.25, -0.2) is 8.78 Å². The Labute approximate surface area is 234 Å². The molecule has 11 heteroatoms. The molecular weight excluding hydrogens is 534 g/mol. The lowest BCUT2D eigenvalue weighted by Crippen LogP contribution is -2.68. The molecule has 5 aliphatic rings. The van der Waals surface area contributed by atoms with Gasteiger partial charge in [-0.1, -0.05) is 24.3 Å². The SMILES string of the molecule is O=C1c2c(O)c(=O)ccn2N(C2c3ccccc3N3CCOCC3c3c2ccc(F)c3F)C2CC3(CCN12)COC3. The quantitative estimate of drug-likeness (QED) is 0.488. The Balaban J connectivity index is 1.44. The number of rotatable bonds is 1. The number of piperidine rings is 1. The first kappa shape index (κ1) is 24.8. The molecule has 9 nitrogen and oxygen atoms in total. The highest BCUT2D eigenvalue weighted by Crippen LogP contribution is 2.50. The largest absolute Gasteiger partial charge is 0.502 e. The summed E-state index contributed by atoms with van der Waals surface area (Å²) in [6.45, 7) is 2.68. The zero-order chi connectivity index (χ0) is 28.0. The van der Waals surface area contributed by atoms with Gasteiger partial charge in [0.05, 0.1) is 32.5 Å². The molecule has 0 bridgehead atoms. The van der Waals surface area contributed by atoms with Crippen LogP contribution in [0.1, 0.15) is 52.1 Å². The molecular formula is C30H28F2N4O5. The zero-order valence-electron chi connectivity index (χ0n) is 22.1. The first-order valence-corrected chi connectivity index (χ1v) is 13.9. The number of morpholine rings is 1. The normalized spacial score (nSPS) is 25.9. The molecule has 3 saturated heterocycles. The molecule has 1 amide bonds. The fourth-order valence-corrected chi connectivity index (χ4v) is 7.44. The van der Waals surface area contributed by atoms with Crippen molar-refractivity contribution in [1.82, 2.24) is 9.58 Å². The van der Waals surface area contributed by atoms with Crippen molar-refractivity contribution in [1.29, 1.82) is 0 Å². The summed E-state index contributed by atoms with van der Waals surface area (Å²) >= 11 is 0. The fraction of sp³-hybridized carbons (Fsp3) is 0.400. The molecule has 2 aromatic carbocycles. The van der Waals surface area contributed by atoms with Crippen molar-refractivity contribution in [2.75, 3.05) is 49.4 Å². The highest BCUT2D eigenvalue weighted by Gasteiger charge is 2.54. The van der Waals surface area contributed by atoms with Gasteiger partial charge in [0.15, 0.2) is 23.1 Å².